The first-order valence-electron chi connectivity index (χ1n) is 5.58. The lowest BCUT2D eigenvalue weighted by atomic mass is 10.2. The van der Waals surface area contributed by atoms with Crippen LogP contribution in [-0.4, -0.2) is 16.7 Å². The molecule has 0 fully saturated rings. The molecular weight excluding hydrogens is 287 g/mol. The average molecular weight is 299 g/mol. The molecule has 100 valence electrons. The van der Waals surface area contributed by atoms with Crippen molar-refractivity contribution in [2.45, 2.75) is 13.5 Å². The van der Waals surface area contributed by atoms with Crippen molar-refractivity contribution >= 4 is 23.2 Å². The van der Waals surface area contributed by atoms with Gasteiger partial charge in [-0.2, -0.15) is 0 Å². The Kier molecular flexibility index (Phi) is 4.12. The van der Waals surface area contributed by atoms with E-state index in [2.05, 4.69) is 4.98 Å². The normalized spacial score (nSPS) is 10.5. The van der Waals surface area contributed by atoms with Crippen LogP contribution in [0.3, 0.4) is 0 Å². The van der Waals surface area contributed by atoms with Crippen molar-refractivity contribution in [1.82, 2.24) is 9.55 Å². The zero-order chi connectivity index (χ0) is 14.0. The number of ether oxygens (including phenoxy) is 1. The Morgan fingerprint density at radius 3 is 2.53 bits per heavy atom. The Morgan fingerprint density at radius 2 is 1.95 bits per heavy atom. The van der Waals surface area contributed by atoms with Gasteiger partial charge in [0, 0.05) is 27.4 Å². The third-order valence-electron chi connectivity index (χ3n) is 2.66. The number of halogens is 2. The van der Waals surface area contributed by atoms with Crippen molar-refractivity contribution in [3.8, 4) is 6.01 Å². The molecule has 0 spiro atoms. The van der Waals surface area contributed by atoms with Gasteiger partial charge in [-0.15, -0.1) is 0 Å². The Balaban J connectivity index is 2.52. The van der Waals surface area contributed by atoms with E-state index in [-0.39, 0.29) is 18.1 Å². The van der Waals surface area contributed by atoms with Crippen molar-refractivity contribution in [2.75, 3.05) is 7.11 Å². The molecule has 0 unspecified atom stereocenters. The molecule has 1 heterocycles. The van der Waals surface area contributed by atoms with Crippen molar-refractivity contribution in [2.24, 2.45) is 0 Å². The van der Waals surface area contributed by atoms with Gasteiger partial charge in [0.05, 0.1) is 13.7 Å². The first-order chi connectivity index (χ1) is 9.02. The van der Waals surface area contributed by atoms with E-state index in [0.29, 0.717) is 21.3 Å². The van der Waals surface area contributed by atoms with E-state index in [4.69, 9.17) is 27.9 Å². The number of hydrogen-bond acceptors (Lipinski definition) is 3. The number of methoxy groups -OCH3 is 1. The summed E-state index contributed by atoms with van der Waals surface area (Å²) in [4.78, 5) is 16.2. The number of aromatic nitrogens is 2. The van der Waals surface area contributed by atoms with Gasteiger partial charge >= 0.3 is 0 Å². The Labute approximate surface area is 120 Å². The zero-order valence-electron chi connectivity index (χ0n) is 10.5. The van der Waals surface area contributed by atoms with Crippen LogP contribution in [0.15, 0.2) is 29.1 Å². The van der Waals surface area contributed by atoms with Gasteiger partial charge in [-0.1, -0.05) is 29.3 Å². The summed E-state index contributed by atoms with van der Waals surface area (Å²) in [5.41, 5.74) is 1.06. The third kappa shape index (κ3) is 2.91. The largest absolute Gasteiger partial charge is 0.468 e. The van der Waals surface area contributed by atoms with Gasteiger partial charge in [0.25, 0.3) is 11.6 Å². The third-order valence-corrected chi connectivity index (χ3v) is 3.37. The molecule has 0 aliphatic heterocycles. The first kappa shape index (κ1) is 13.9. The molecule has 1 aromatic carbocycles. The molecule has 19 heavy (non-hydrogen) atoms. The van der Waals surface area contributed by atoms with E-state index < -0.39 is 0 Å². The predicted molar refractivity (Wildman–Crippen MR) is 75.4 cm³/mol. The maximum atomic E-state index is 12.0. The monoisotopic (exact) mass is 298 g/mol. The van der Waals surface area contributed by atoms with Crippen LogP contribution >= 0.6 is 23.2 Å². The molecule has 0 saturated carbocycles. The smallest absolute Gasteiger partial charge is 0.299 e. The molecule has 0 aliphatic carbocycles. The summed E-state index contributed by atoms with van der Waals surface area (Å²) >= 11 is 12.2. The van der Waals surface area contributed by atoms with Gasteiger partial charge in [-0.25, -0.2) is 4.98 Å². The van der Waals surface area contributed by atoms with Crippen LogP contribution in [0.2, 0.25) is 10.0 Å². The summed E-state index contributed by atoms with van der Waals surface area (Å²) in [5.74, 6) is 0. The maximum absolute atomic E-state index is 12.0. The van der Waals surface area contributed by atoms with Crippen LogP contribution in [0.25, 0.3) is 0 Å². The second kappa shape index (κ2) is 5.63. The van der Waals surface area contributed by atoms with E-state index in [9.17, 15) is 4.79 Å². The molecule has 4 nitrogen and oxygen atoms in total. The quantitative estimate of drug-likeness (QED) is 0.875. The minimum Gasteiger partial charge on any atom is -0.468 e. The van der Waals surface area contributed by atoms with Gasteiger partial charge in [0.1, 0.15) is 0 Å². The summed E-state index contributed by atoms with van der Waals surface area (Å²) in [6, 6.07) is 6.87. The molecule has 0 saturated heterocycles. The molecule has 0 aliphatic rings. The number of benzene rings is 1. The fourth-order valence-electron chi connectivity index (χ4n) is 1.74. The lowest BCUT2D eigenvalue weighted by Gasteiger charge is -2.13. The summed E-state index contributed by atoms with van der Waals surface area (Å²) in [6.07, 6.45) is 0. The molecule has 0 amide bonds. The second-order valence-corrected chi connectivity index (χ2v) is 4.82. The van der Waals surface area contributed by atoms with Crippen LogP contribution in [0.4, 0.5) is 0 Å². The molecule has 1 aromatic heterocycles. The molecule has 6 heteroatoms. The number of rotatable bonds is 3. The highest BCUT2D eigenvalue weighted by molar-refractivity contribution is 6.35. The van der Waals surface area contributed by atoms with Crippen LogP contribution in [0, 0.1) is 6.92 Å². The summed E-state index contributed by atoms with van der Waals surface area (Å²) < 4.78 is 6.51. The van der Waals surface area contributed by atoms with Crippen LogP contribution < -0.4 is 10.3 Å². The highest BCUT2D eigenvalue weighted by atomic mass is 35.5. The van der Waals surface area contributed by atoms with E-state index in [1.165, 1.54) is 17.7 Å². The molecule has 0 atom stereocenters. The van der Waals surface area contributed by atoms with Gasteiger partial charge in [-0.3, -0.25) is 9.36 Å². The fourth-order valence-corrected chi connectivity index (χ4v) is 2.25. The molecule has 0 bridgehead atoms. The van der Waals surface area contributed by atoms with Crippen LogP contribution in [0.5, 0.6) is 6.01 Å². The van der Waals surface area contributed by atoms with Crippen LogP contribution in [0.1, 0.15) is 11.3 Å². The zero-order valence-corrected chi connectivity index (χ0v) is 12.0. The van der Waals surface area contributed by atoms with Crippen molar-refractivity contribution in [1.29, 1.82) is 0 Å². The topological polar surface area (TPSA) is 44.1 Å². The maximum Gasteiger partial charge on any atom is 0.299 e. The van der Waals surface area contributed by atoms with Crippen molar-refractivity contribution in [3.05, 3.63) is 55.9 Å². The average Bonchev–Trinajstić information content (AvgIpc) is 2.35. The standard InChI is InChI=1S/C13H12Cl2N2O2/c1-8-6-12(18)17(13(16-8)19-2)7-9-10(14)4-3-5-11(9)15/h3-6H,7H2,1-2H3. The second-order valence-electron chi connectivity index (χ2n) is 4.01. The van der Waals surface area contributed by atoms with E-state index in [0.717, 1.165) is 0 Å². The Bertz CT molecular complexity index is 648. The molecular formula is C13H12Cl2N2O2. The van der Waals surface area contributed by atoms with Gasteiger partial charge in [0.15, 0.2) is 0 Å². The molecule has 2 rings (SSSR count). The summed E-state index contributed by atoms with van der Waals surface area (Å²) in [6.45, 7) is 1.95. The number of aryl methyl sites for hydroxylation is 1. The fraction of sp³-hybridized carbons (Fsp3) is 0.231. The summed E-state index contributed by atoms with van der Waals surface area (Å²) in [5, 5.41) is 1.00. The predicted octanol–water partition coefficient (Wildman–Crippen LogP) is 2.92. The van der Waals surface area contributed by atoms with E-state index in [1.807, 2.05) is 0 Å². The molecule has 2 aromatic rings. The first-order valence-corrected chi connectivity index (χ1v) is 6.34. The number of nitrogens with zero attached hydrogens (tertiary/aromatic N) is 2. The highest BCUT2D eigenvalue weighted by Gasteiger charge is 2.12. The van der Waals surface area contributed by atoms with E-state index >= 15 is 0 Å². The minimum atomic E-state index is -0.208. The summed E-state index contributed by atoms with van der Waals surface area (Å²) in [7, 11) is 1.46. The van der Waals surface area contributed by atoms with Gasteiger partial charge < -0.3 is 4.74 Å². The molecule has 0 radical (unpaired) electrons. The van der Waals surface area contributed by atoms with E-state index in [1.54, 1.807) is 25.1 Å². The lowest BCUT2D eigenvalue weighted by molar-refractivity contribution is 0.350. The molecule has 0 N–H and O–H groups in total. The minimum absolute atomic E-state index is 0.208. The lowest BCUT2D eigenvalue weighted by Crippen LogP contribution is -2.23. The Morgan fingerprint density at radius 1 is 1.32 bits per heavy atom. The van der Waals surface area contributed by atoms with Crippen molar-refractivity contribution < 1.29 is 4.74 Å². The van der Waals surface area contributed by atoms with Gasteiger partial charge in [0.2, 0.25) is 0 Å². The van der Waals surface area contributed by atoms with Crippen molar-refractivity contribution in [3.63, 3.8) is 0 Å². The Hall–Kier alpha value is -1.52. The van der Waals surface area contributed by atoms with Crippen LogP contribution in [-0.2, 0) is 6.54 Å². The van der Waals surface area contributed by atoms with Gasteiger partial charge in [-0.05, 0) is 19.1 Å². The highest BCUT2D eigenvalue weighted by Crippen LogP contribution is 2.25. The SMILES string of the molecule is COc1nc(C)cc(=O)n1Cc1c(Cl)cccc1Cl. The number of hydrogen-bond donors (Lipinski definition) is 0.